The van der Waals surface area contributed by atoms with Crippen LogP contribution in [0.25, 0.3) is 0 Å². The van der Waals surface area contributed by atoms with Crippen molar-refractivity contribution in [2.75, 3.05) is 39.8 Å². The average Bonchev–Trinajstić information content (AvgIpc) is 2.48. The van der Waals surface area contributed by atoms with Gasteiger partial charge in [-0.25, -0.2) is 0 Å². The molecule has 0 N–H and O–H groups in total. The van der Waals surface area contributed by atoms with E-state index in [0.717, 1.165) is 11.4 Å². The van der Waals surface area contributed by atoms with Crippen LogP contribution in [-0.4, -0.2) is 78.5 Å². The van der Waals surface area contributed by atoms with Gasteiger partial charge in [-0.05, 0) is 26.8 Å². The third kappa shape index (κ3) is 3.71. The van der Waals surface area contributed by atoms with Crippen LogP contribution in [0.5, 0.6) is 0 Å². The summed E-state index contributed by atoms with van der Waals surface area (Å²) in [5, 5.41) is 0. The first-order valence-corrected chi connectivity index (χ1v) is 7.55. The molecule has 0 aliphatic carbocycles. The highest BCUT2D eigenvalue weighted by Crippen LogP contribution is 2.25. The lowest BCUT2D eigenvalue weighted by Gasteiger charge is -2.40. The third-order valence-corrected chi connectivity index (χ3v) is 4.65. The fourth-order valence-electron chi connectivity index (χ4n) is 3.02. The van der Waals surface area contributed by atoms with E-state index in [0.29, 0.717) is 25.9 Å². The van der Waals surface area contributed by atoms with E-state index in [4.69, 9.17) is 0 Å². The van der Waals surface area contributed by atoms with Crippen LogP contribution in [0.4, 0.5) is 13.2 Å². The number of carbonyl (C=O) groups excluding carboxylic acids is 2. The number of nitrogens with zero attached hydrogens (tertiary/aromatic N) is 3. The van der Waals surface area contributed by atoms with Crippen LogP contribution in [0.15, 0.2) is 0 Å². The number of piperazine rings is 1. The summed E-state index contributed by atoms with van der Waals surface area (Å²) in [6.07, 6.45) is -4.22. The van der Waals surface area contributed by atoms with Gasteiger partial charge in [-0.15, -0.1) is 0 Å². The lowest BCUT2D eigenvalue weighted by Crippen LogP contribution is -2.54. The van der Waals surface area contributed by atoms with Crippen LogP contribution in [0.2, 0.25) is 0 Å². The van der Waals surface area contributed by atoms with Gasteiger partial charge in [0.05, 0.1) is 0 Å². The van der Waals surface area contributed by atoms with Crippen LogP contribution in [0, 0.1) is 5.92 Å². The first kappa shape index (κ1) is 17.1. The summed E-state index contributed by atoms with van der Waals surface area (Å²) in [7, 11) is 2.01. The Morgan fingerprint density at radius 1 is 1.00 bits per heavy atom. The lowest BCUT2D eigenvalue weighted by atomic mass is 9.94. The van der Waals surface area contributed by atoms with Crippen molar-refractivity contribution >= 4 is 11.8 Å². The van der Waals surface area contributed by atoms with E-state index in [1.54, 1.807) is 4.90 Å². The molecule has 0 aromatic carbocycles. The van der Waals surface area contributed by atoms with Gasteiger partial charge in [0.1, 0.15) is 0 Å². The molecule has 1 unspecified atom stereocenters. The van der Waals surface area contributed by atoms with E-state index in [9.17, 15) is 22.8 Å². The Kier molecular flexibility index (Phi) is 4.99. The molecule has 2 aliphatic heterocycles. The Labute approximate surface area is 128 Å². The molecule has 2 aliphatic rings. The van der Waals surface area contributed by atoms with Crippen molar-refractivity contribution in [3.05, 3.63) is 0 Å². The zero-order valence-corrected chi connectivity index (χ0v) is 12.9. The topological polar surface area (TPSA) is 43.9 Å². The summed E-state index contributed by atoms with van der Waals surface area (Å²) >= 11 is 0. The molecule has 0 aromatic rings. The molecule has 126 valence electrons. The highest BCUT2D eigenvalue weighted by molar-refractivity contribution is 5.83. The van der Waals surface area contributed by atoms with Gasteiger partial charge in [-0.2, -0.15) is 13.2 Å². The maximum absolute atomic E-state index is 12.5. The number of piperidine rings is 1. The highest BCUT2D eigenvalue weighted by Gasteiger charge is 2.44. The fourth-order valence-corrected chi connectivity index (χ4v) is 3.02. The summed E-state index contributed by atoms with van der Waals surface area (Å²) in [6.45, 7) is 4.15. The summed E-state index contributed by atoms with van der Waals surface area (Å²) < 4.78 is 37.2. The van der Waals surface area contributed by atoms with Gasteiger partial charge in [0.15, 0.2) is 0 Å². The van der Waals surface area contributed by atoms with Crippen molar-refractivity contribution in [3.8, 4) is 0 Å². The highest BCUT2D eigenvalue weighted by atomic mass is 19.4. The van der Waals surface area contributed by atoms with E-state index < -0.39 is 12.1 Å². The van der Waals surface area contributed by atoms with Gasteiger partial charge in [-0.3, -0.25) is 9.59 Å². The molecule has 2 saturated heterocycles. The van der Waals surface area contributed by atoms with Crippen molar-refractivity contribution in [1.29, 1.82) is 0 Å². The zero-order valence-electron chi connectivity index (χ0n) is 12.9. The molecule has 2 rings (SSSR count). The Morgan fingerprint density at radius 3 is 2.09 bits per heavy atom. The zero-order chi connectivity index (χ0) is 16.5. The summed E-state index contributed by atoms with van der Waals surface area (Å²) in [4.78, 5) is 28.4. The number of hydrogen-bond acceptors (Lipinski definition) is 3. The number of rotatable bonds is 1. The van der Waals surface area contributed by atoms with Gasteiger partial charge in [0.25, 0.3) is 0 Å². The number of amides is 2. The second-order valence-electron chi connectivity index (χ2n) is 6.18. The Hall–Kier alpha value is -1.31. The van der Waals surface area contributed by atoms with Crippen LogP contribution in [-0.2, 0) is 9.59 Å². The van der Waals surface area contributed by atoms with Gasteiger partial charge in [0.2, 0.25) is 5.91 Å². The van der Waals surface area contributed by atoms with E-state index in [-0.39, 0.29) is 31.0 Å². The van der Waals surface area contributed by atoms with Crippen LogP contribution in [0.3, 0.4) is 0 Å². The molecule has 0 saturated carbocycles. The first-order chi connectivity index (χ1) is 10.2. The second kappa shape index (κ2) is 6.44. The minimum Gasteiger partial charge on any atom is -0.340 e. The molecule has 2 fully saturated rings. The predicted octanol–water partition coefficient (Wildman–Crippen LogP) is 0.950. The lowest BCUT2D eigenvalue weighted by molar-refractivity contribution is -0.187. The maximum atomic E-state index is 12.5. The molecule has 22 heavy (non-hydrogen) atoms. The minimum absolute atomic E-state index is 0.00194. The second-order valence-corrected chi connectivity index (χ2v) is 6.18. The molecule has 0 bridgehead atoms. The standard InChI is InChI=1S/C14H22F3N3O2/c1-10-9-20(8-7-18(10)2)12(21)11-3-5-19(6-4-11)13(22)14(15,16)17/h10-11H,3-9H2,1-2H3. The molecular formula is C14H22F3N3O2. The largest absolute Gasteiger partial charge is 0.471 e. The molecule has 1 atom stereocenters. The van der Waals surface area contributed by atoms with Crippen molar-refractivity contribution in [1.82, 2.24) is 14.7 Å². The summed E-state index contributed by atoms with van der Waals surface area (Å²) in [5.74, 6) is -2.06. The maximum Gasteiger partial charge on any atom is 0.471 e. The van der Waals surface area contributed by atoms with E-state index in [1.807, 2.05) is 14.0 Å². The Morgan fingerprint density at radius 2 is 1.59 bits per heavy atom. The molecule has 2 amide bonds. The molecular weight excluding hydrogens is 299 g/mol. The number of likely N-dealkylation sites (tertiary alicyclic amines) is 1. The van der Waals surface area contributed by atoms with Crippen LogP contribution < -0.4 is 0 Å². The smallest absolute Gasteiger partial charge is 0.340 e. The molecule has 2 heterocycles. The van der Waals surface area contributed by atoms with Crippen molar-refractivity contribution in [2.45, 2.75) is 32.0 Å². The number of carbonyl (C=O) groups is 2. The Balaban J connectivity index is 1.86. The van der Waals surface area contributed by atoms with E-state index in [2.05, 4.69) is 4.90 Å². The summed E-state index contributed by atoms with van der Waals surface area (Å²) in [6, 6.07) is 0.282. The minimum atomic E-state index is -4.83. The van der Waals surface area contributed by atoms with Crippen LogP contribution in [0.1, 0.15) is 19.8 Å². The third-order valence-electron chi connectivity index (χ3n) is 4.65. The number of halogens is 3. The Bertz CT molecular complexity index is 434. The van der Waals surface area contributed by atoms with Gasteiger partial charge in [0, 0.05) is 44.7 Å². The van der Waals surface area contributed by atoms with Crippen molar-refractivity contribution in [2.24, 2.45) is 5.92 Å². The molecule has 5 nitrogen and oxygen atoms in total. The quantitative estimate of drug-likeness (QED) is 0.722. The average molecular weight is 321 g/mol. The molecule has 0 aromatic heterocycles. The first-order valence-electron chi connectivity index (χ1n) is 7.55. The molecule has 0 spiro atoms. The molecule has 8 heteroatoms. The number of alkyl halides is 3. The molecule has 0 radical (unpaired) electrons. The fraction of sp³-hybridized carbons (Fsp3) is 0.857. The monoisotopic (exact) mass is 321 g/mol. The van der Waals surface area contributed by atoms with Crippen molar-refractivity contribution < 1.29 is 22.8 Å². The van der Waals surface area contributed by atoms with E-state index >= 15 is 0 Å². The van der Waals surface area contributed by atoms with Gasteiger partial charge < -0.3 is 14.7 Å². The predicted molar refractivity (Wildman–Crippen MR) is 74.0 cm³/mol. The van der Waals surface area contributed by atoms with E-state index in [1.165, 1.54) is 0 Å². The SMILES string of the molecule is CC1CN(C(=O)C2CCN(C(=O)C(F)(F)F)CC2)CCN1C. The normalized spacial score (nSPS) is 25.4. The van der Waals surface area contributed by atoms with Gasteiger partial charge in [-0.1, -0.05) is 0 Å². The number of likely N-dealkylation sites (N-methyl/N-ethyl adjacent to an activating group) is 1. The van der Waals surface area contributed by atoms with Crippen molar-refractivity contribution in [3.63, 3.8) is 0 Å². The number of hydrogen-bond donors (Lipinski definition) is 0. The van der Waals surface area contributed by atoms with Gasteiger partial charge >= 0.3 is 12.1 Å². The van der Waals surface area contributed by atoms with Crippen LogP contribution >= 0.6 is 0 Å². The summed E-state index contributed by atoms with van der Waals surface area (Å²) in [5.41, 5.74) is 0.